The van der Waals surface area contributed by atoms with Gasteiger partial charge in [-0.25, -0.2) is 9.18 Å². The number of amides is 1. The third kappa shape index (κ3) is 4.17. The van der Waals surface area contributed by atoms with E-state index in [1.54, 1.807) is 11.0 Å². The number of methoxy groups -OCH3 is 1. The van der Waals surface area contributed by atoms with Crippen molar-refractivity contribution < 1.29 is 28.2 Å². The SMILES string of the molecule is COc1ccc(C(=O)C2CC3COCC(C2)N3C(=O)OCC2c3ccccc3-c3ccccc32)c(F)c1. The van der Waals surface area contributed by atoms with E-state index in [2.05, 4.69) is 24.3 Å². The molecule has 2 fully saturated rings. The predicted octanol–water partition coefficient (Wildman–Crippen LogP) is 5.45. The highest BCUT2D eigenvalue weighted by Gasteiger charge is 2.45. The van der Waals surface area contributed by atoms with Gasteiger partial charge in [-0.1, -0.05) is 48.5 Å². The largest absolute Gasteiger partial charge is 0.497 e. The zero-order chi connectivity index (χ0) is 25.5. The van der Waals surface area contributed by atoms with E-state index >= 15 is 0 Å². The van der Waals surface area contributed by atoms with Gasteiger partial charge < -0.3 is 14.2 Å². The standard InChI is InChI=1S/C30H28FNO5/c1-35-21-10-11-26(28(31)14-21)29(33)18-12-19-15-36-16-20(13-18)32(19)30(34)37-17-27-24-8-4-2-6-22(24)23-7-3-5-9-25(23)27/h2-11,14,18-20,27H,12-13,15-17H2,1H3. The molecule has 1 aliphatic carbocycles. The number of nitrogens with zero attached hydrogens (tertiary/aromatic N) is 1. The summed E-state index contributed by atoms with van der Waals surface area (Å²) in [5, 5.41) is 0. The number of ketones is 1. The Balaban J connectivity index is 1.16. The van der Waals surface area contributed by atoms with E-state index in [-0.39, 0.29) is 48.0 Å². The van der Waals surface area contributed by atoms with Crippen molar-refractivity contribution in [3.05, 3.63) is 89.2 Å². The summed E-state index contributed by atoms with van der Waals surface area (Å²) >= 11 is 0. The summed E-state index contributed by atoms with van der Waals surface area (Å²) in [5.74, 6) is -0.887. The minimum atomic E-state index is -0.593. The first kappa shape index (κ1) is 23.7. The molecule has 2 unspecified atom stereocenters. The van der Waals surface area contributed by atoms with E-state index in [1.165, 1.54) is 30.4 Å². The molecule has 2 bridgehead atoms. The van der Waals surface area contributed by atoms with Gasteiger partial charge >= 0.3 is 6.09 Å². The van der Waals surface area contributed by atoms with Crippen LogP contribution in [0.15, 0.2) is 66.7 Å². The first-order valence-corrected chi connectivity index (χ1v) is 12.6. The Morgan fingerprint density at radius 1 is 0.946 bits per heavy atom. The number of hydrogen-bond acceptors (Lipinski definition) is 5. The van der Waals surface area contributed by atoms with E-state index in [0.717, 1.165) is 11.1 Å². The van der Waals surface area contributed by atoms with Crippen LogP contribution < -0.4 is 4.74 Å². The Hall–Kier alpha value is -3.71. The topological polar surface area (TPSA) is 65.1 Å². The molecule has 0 saturated carbocycles. The lowest BCUT2D eigenvalue weighted by Gasteiger charge is -2.47. The molecule has 2 heterocycles. The number of piperidine rings is 1. The molecule has 3 aliphatic rings. The summed E-state index contributed by atoms with van der Waals surface area (Å²) in [4.78, 5) is 28.3. The summed E-state index contributed by atoms with van der Waals surface area (Å²) in [7, 11) is 1.45. The van der Waals surface area contributed by atoms with Crippen LogP contribution in [0.4, 0.5) is 9.18 Å². The third-order valence-corrected chi connectivity index (χ3v) is 7.88. The third-order valence-electron chi connectivity index (χ3n) is 7.88. The number of fused-ring (bicyclic) bond motifs is 5. The molecule has 3 aromatic rings. The quantitative estimate of drug-likeness (QED) is 0.436. The number of Topliss-reactive ketones (excluding diaryl/α,β-unsaturated/α-hetero) is 1. The van der Waals surface area contributed by atoms with Gasteiger partial charge in [0.15, 0.2) is 5.78 Å². The lowest BCUT2D eigenvalue weighted by Crippen LogP contribution is -2.60. The number of ether oxygens (including phenoxy) is 3. The summed E-state index contributed by atoms with van der Waals surface area (Å²) < 4.78 is 31.3. The second-order valence-electron chi connectivity index (χ2n) is 9.93. The van der Waals surface area contributed by atoms with Gasteiger partial charge in [-0.15, -0.1) is 0 Å². The van der Waals surface area contributed by atoms with E-state index in [0.29, 0.717) is 31.8 Å². The van der Waals surface area contributed by atoms with Gasteiger partial charge in [-0.05, 0) is 47.2 Å². The molecule has 6 nitrogen and oxygen atoms in total. The Bertz CT molecular complexity index is 1300. The summed E-state index contributed by atoms with van der Waals surface area (Å²) in [6.45, 7) is 0.897. The molecule has 0 N–H and O–H groups in total. The van der Waals surface area contributed by atoms with Gasteiger partial charge in [0, 0.05) is 17.9 Å². The van der Waals surface area contributed by atoms with Gasteiger partial charge in [0.2, 0.25) is 0 Å². The average molecular weight is 502 g/mol. The molecule has 0 aromatic heterocycles. The van der Waals surface area contributed by atoms with Crippen LogP contribution in [0.1, 0.15) is 40.2 Å². The number of halogens is 1. The molecular weight excluding hydrogens is 473 g/mol. The first-order chi connectivity index (χ1) is 18.0. The van der Waals surface area contributed by atoms with Crippen molar-refractivity contribution in [1.82, 2.24) is 4.90 Å². The maximum absolute atomic E-state index is 14.6. The van der Waals surface area contributed by atoms with Crippen LogP contribution in [0.25, 0.3) is 11.1 Å². The summed E-state index contributed by atoms with van der Waals surface area (Å²) in [5.41, 5.74) is 4.72. The second-order valence-corrected chi connectivity index (χ2v) is 9.93. The maximum Gasteiger partial charge on any atom is 0.410 e. The van der Waals surface area contributed by atoms with Gasteiger partial charge in [0.05, 0.1) is 38.0 Å². The number of benzene rings is 3. The van der Waals surface area contributed by atoms with E-state index in [9.17, 15) is 14.0 Å². The number of rotatable bonds is 5. The van der Waals surface area contributed by atoms with Crippen LogP contribution in [0.3, 0.4) is 0 Å². The van der Waals surface area contributed by atoms with Gasteiger partial charge in [-0.2, -0.15) is 0 Å². The zero-order valence-electron chi connectivity index (χ0n) is 20.6. The number of morpholine rings is 1. The van der Waals surface area contributed by atoms with Crippen molar-refractivity contribution in [3.63, 3.8) is 0 Å². The Morgan fingerprint density at radius 3 is 2.16 bits per heavy atom. The number of carbonyl (C=O) groups is 2. The van der Waals surface area contributed by atoms with Crippen LogP contribution in [0.5, 0.6) is 5.75 Å². The van der Waals surface area contributed by atoms with Crippen LogP contribution in [0.2, 0.25) is 0 Å². The second kappa shape index (κ2) is 9.63. The van der Waals surface area contributed by atoms with Gasteiger partial charge in [0.1, 0.15) is 18.2 Å². The maximum atomic E-state index is 14.6. The highest BCUT2D eigenvalue weighted by molar-refractivity contribution is 5.98. The van der Waals surface area contributed by atoms with Gasteiger partial charge in [0.25, 0.3) is 0 Å². The van der Waals surface area contributed by atoms with Crippen molar-refractivity contribution >= 4 is 11.9 Å². The molecule has 7 heteroatoms. The van der Waals surface area contributed by atoms with Crippen molar-refractivity contribution in [2.45, 2.75) is 30.8 Å². The monoisotopic (exact) mass is 501 g/mol. The van der Waals surface area contributed by atoms with E-state index in [1.807, 2.05) is 24.3 Å². The highest BCUT2D eigenvalue weighted by atomic mass is 19.1. The fourth-order valence-corrected chi connectivity index (χ4v) is 6.14. The minimum absolute atomic E-state index is 0.0235. The smallest absolute Gasteiger partial charge is 0.410 e. The van der Waals surface area contributed by atoms with Crippen molar-refractivity contribution in [1.29, 1.82) is 0 Å². The molecule has 3 aromatic carbocycles. The van der Waals surface area contributed by atoms with Crippen LogP contribution in [-0.4, -0.2) is 55.8 Å². The first-order valence-electron chi connectivity index (χ1n) is 12.6. The molecular formula is C30H28FNO5. The predicted molar refractivity (Wildman–Crippen MR) is 135 cm³/mol. The van der Waals surface area contributed by atoms with Crippen LogP contribution in [0, 0.1) is 11.7 Å². The summed E-state index contributed by atoms with van der Waals surface area (Å²) in [6.07, 6.45) is 0.428. The fourth-order valence-electron chi connectivity index (χ4n) is 6.14. The minimum Gasteiger partial charge on any atom is -0.497 e. The Morgan fingerprint density at radius 2 is 1.57 bits per heavy atom. The van der Waals surface area contributed by atoms with Crippen molar-refractivity contribution in [2.24, 2.45) is 5.92 Å². The normalized spacial score (nSPS) is 22.2. The molecule has 190 valence electrons. The molecule has 6 rings (SSSR count). The zero-order valence-corrected chi connectivity index (χ0v) is 20.6. The molecule has 2 atom stereocenters. The number of carbonyl (C=O) groups excluding carboxylic acids is 2. The van der Waals surface area contributed by atoms with Gasteiger partial charge in [-0.3, -0.25) is 9.69 Å². The molecule has 1 amide bonds. The van der Waals surface area contributed by atoms with Crippen LogP contribution >= 0.6 is 0 Å². The molecule has 37 heavy (non-hydrogen) atoms. The molecule has 2 saturated heterocycles. The van der Waals surface area contributed by atoms with E-state index < -0.39 is 5.82 Å². The van der Waals surface area contributed by atoms with Crippen molar-refractivity contribution in [2.75, 3.05) is 26.9 Å². The summed E-state index contributed by atoms with van der Waals surface area (Å²) in [6, 6.07) is 20.1. The Labute approximate surface area is 214 Å². The Kier molecular flexibility index (Phi) is 6.16. The fraction of sp³-hybridized carbons (Fsp3) is 0.333. The van der Waals surface area contributed by atoms with E-state index in [4.69, 9.17) is 14.2 Å². The van der Waals surface area contributed by atoms with Crippen LogP contribution in [-0.2, 0) is 9.47 Å². The molecule has 0 spiro atoms. The highest BCUT2D eigenvalue weighted by Crippen LogP contribution is 2.45. The van der Waals surface area contributed by atoms with Crippen molar-refractivity contribution in [3.8, 4) is 16.9 Å². The average Bonchev–Trinajstić information content (AvgIpc) is 3.24. The molecule has 0 radical (unpaired) electrons. The lowest BCUT2D eigenvalue weighted by molar-refractivity contribution is -0.0748. The number of hydrogen-bond donors (Lipinski definition) is 0. The lowest BCUT2D eigenvalue weighted by atomic mass is 9.80. The molecule has 2 aliphatic heterocycles.